The number of imidazole rings is 1. The van der Waals surface area contributed by atoms with Crippen LogP contribution in [-0.2, 0) is 16.1 Å². The fourth-order valence-electron chi connectivity index (χ4n) is 1.88. The van der Waals surface area contributed by atoms with Crippen LogP contribution in [-0.4, -0.2) is 22.8 Å². The van der Waals surface area contributed by atoms with Crippen LogP contribution in [0.2, 0.25) is 0 Å². The van der Waals surface area contributed by atoms with Gasteiger partial charge in [0.15, 0.2) is 5.76 Å². The molecule has 3 rings (SSSR count). The van der Waals surface area contributed by atoms with Crippen molar-refractivity contribution >= 4 is 50.6 Å². The first-order valence-electron chi connectivity index (χ1n) is 6.99. The maximum atomic E-state index is 5.90. The van der Waals surface area contributed by atoms with Crippen LogP contribution in [0, 0.1) is 0 Å². The van der Waals surface area contributed by atoms with Crippen LogP contribution in [0.5, 0.6) is 0 Å². The van der Waals surface area contributed by atoms with Gasteiger partial charge in [-0.15, -0.1) is 22.7 Å². The molecule has 0 atom stereocenters. The summed E-state index contributed by atoms with van der Waals surface area (Å²) >= 11 is 6.78. The van der Waals surface area contributed by atoms with Crippen molar-refractivity contribution in [3.63, 3.8) is 0 Å². The number of rotatable bonds is 8. The fourth-order valence-corrected chi connectivity index (χ4v) is 3.99. The lowest BCUT2D eigenvalue weighted by Crippen LogP contribution is -2.03. The van der Waals surface area contributed by atoms with Crippen LogP contribution >= 0.6 is 38.6 Å². The molecule has 4 nitrogen and oxygen atoms in total. The predicted octanol–water partition coefficient (Wildman–Crippen LogP) is 4.96. The SMILES string of the molecule is Brc1ccc(COCCO/C(=C/n2ccnc2)c2cccs2)s1. The van der Waals surface area contributed by atoms with E-state index in [4.69, 9.17) is 9.47 Å². The molecule has 0 aliphatic carbocycles. The summed E-state index contributed by atoms with van der Waals surface area (Å²) in [6, 6.07) is 8.14. The molecule has 0 saturated heterocycles. The van der Waals surface area contributed by atoms with E-state index in [9.17, 15) is 0 Å². The highest BCUT2D eigenvalue weighted by molar-refractivity contribution is 9.11. The van der Waals surface area contributed by atoms with E-state index in [0.717, 1.165) is 14.4 Å². The topological polar surface area (TPSA) is 36.3 Å². The van der Waals surface area contributed by atoms with Crippen molar-refractivity contribution in [1.29, 1.82) is 0 Å². The molecule has 0 saturated carbocycles. The molecule has 23 heavy (non-hydrogen) atoms. The minimum atomic E-state index is 0.505. The van der Waals surface area contributed by atoms with Gasteiger partial charge in [-0.2, -0.15) is 0 Å². The van der Waals surface area contributed by atoms with Gasteiger partial charge >= 0.3 is 0 Å². The van der Waals surface area contributed by atoms with Gasteiger partial charge in [0.05, 0.1) is 34.4 Å². The highest BCUT2D eigenvalue weighted by Gasteiger charge is 2.05. The van der Waals surface area contributed by atoms with Crippen LogP contribution in [0.4, 0.5) is 0 Å². The van der Waals surface area contributed by atoms with E-state index in [1.54, 1.807) is 35.2 Å². The molecule has 0 radical (unpaired) electrons. The van der Waals surface area contributed by atoms with Gasteiger partial charge in [0.2, 0.25) is 0 Å². The monoisotopic (exact) mass is 410 g/mol. The largest absolute Gasteiger partial charge is 0.488 e. The van der Waals surface area contributed by atoms with Gasteiger partial charge in [0.25, 0.3) is 0 Å². The van der Waals surface area contributed by atoms with E-state index < -0.39 is 0 Å². The molecule has 0 N–H and O–H groups in total. The smallest absolute Gasteiger partial charge is 0.153 e. The minimum absolute atomic E-state index is 0.505. The standard InChI is InChI=1S/C16H15BrN2O2S2/c17-16-4-3-13(23-16)11-20-7-8-21-14(15-2-1-9-22-15)10-19-6-5-18-12-19/h1-6,9-10,12H,7-8,11H2/b14-10+. The molecule has 0 unspecified atom stereocenters. The zero-order chi connectivity index (χ0) is 15.9. The normalized spacial score (nSPS) is 11.8. The van der Waals surface area contributed by atoms with Crippen molar-refractivity contribution in [2.45, 2.75) is 6.61 Å². The van der Waals surface area contributed by atoms with E-state index >= 15 is 0 Å². The summed E-state index contributed by atoms with van der Waals surface area (Å²) in [6.07, 6.45) is 7.28. The number of ether oxygens (including phenoxy) is 2. The Balaban J connectivity index is 1.51. The summed E-state index contributed by atoms with van der Waals surface area (Å²) in [5.74, 6) is 0.820. The number of nitrogens with zero attached hydrogens (tertiary/aromatic N) is 2. The molecule has 3 heterocycles. The summed E-state index contributed by atoms with van der Waals surface area (Å²) in [4.78, 5) is 6.32. The quantitative estimate of drug-likeness (QED) is 0.389. The molecular formula is C16H15BrN2O2S2. The number of thiophene rings is 2. The summed E-state index contributed by atoms with van der Waals surface area (Å²) in [7, 11) is 0. The van der Waals surface area contributed by atoms with Gasteiger partial charge in [0.1, 0.15) is 6.61 Å². The van der Waals surface area contributed by atoms with Crippen LogP contribution in [0.15, 0.2) is 52.2 Å². The molecule has 3 aromatic rings. The van der Waals surface area contributed by atoms with Crippen LogP contribution in [0.1, 0.15) is 9.75 Å². The Labute approximate surface area is 151 Å². The third-order valence-corrected chi connectivity index (χ3v) is 5.40. The average molecular weight is 411 g/mol. The number of aromatic nitrogens is 2. The van der Waals surface area contributed by atoms with Crippen molar-refractivity contribution in [1.82, 2.24) is 9.55 Å². The number of halogens is 1. The van der Waals surface area contributed by atoms with Gasteiger partial charge in [-0.25, -0.2) is 4.98 Å². The first-order valence-corrected chi connectivity index (χ1v) is 9.48. The highest BCUT2D eigenvalue weighted by Crippen LogP contribution is 2.23. The maximum Gasteiger partial charge on any atom is 0.153 e. The van der Waals surface area contributed by atoms with E-state index in [0.29, 0.717) is 19.8 Å². The van der Waals surface area contributed by atoms with Crippen molar-refractivity contribution in [3.8, 4) is 0 Å². The molecule has 0 spiro atoms. The van der Waals surface area contributed by atoms with Gasteiger partial charge in [-0.05, 0) is 39.5 Å². The summed E-state index contributed by atoms with van der Waals surface area (Å²) < 4.78 is 14.5. The van der Waals surface area contributed by atoms with E-state index in [2.05, 4.69) is 27.0 Å². The Hall–Kier alpha value is -1.41. The number of hydrogen-bond donors (Lipinski definition) is 0. The molecular weight excluding hydrogens is 396 g/mol. The summed E-state index contributed by atoms with van der Waals surface area (Å²) in [5.41, 5.74) is 0. The molecule has 0 fully saturated rings. The fraction of sp³-hybridized carbons (Fsp3) is 0.188. The molecule has 0 aliphatic heterocycles. The predicted molar refractivity (Wildman–Crippen MR) is 98.3 cm³/mol. The summed E-state index contributed by atoms with van der Waals surface area (Å²) in [6.45, 7) is 1.66. The zero-order valence-electron chi connectivity index (χ0n) is 12.2. The Morgan fingerprint density at radius 3 is 2.96 bits per heavy atom. The second kappa shape index (κ2) is 8.44. The van der Waals surface area contributed by atoms with Crippen molar-refractivity contribution in [2.24, 2.45) is 0 Å². The van der Waals surface area contributed by atoms with Crippen LogP contribution < -0.4 is 0 Å². The lowest BCUT2D eigenvalue weighted by Gasteiger charge is -2.09. The third-order valence-electron chi connectivity index (χ3n) is 2.91. The van der Waals surface area contributed by atoms with Gasteiger partial charge in [-0.3, -0.25) is 0 Å². The molecule has 0 amide bonds. The van der Waals surface area contributed by atoms with E-state index in [1.807, 2.05) is 40.5 Å². The molecule has 7 heteroatoms. The molecule has 3 aromatic heterocycles. The Bertz CT molecular complexity index is 736. The van der Waals surface area contributed by atoms with Gasteiger partial charge < -0.3 is 14.0 Å². The third kappa shape index (κ3) is 5.04. The second-order valence-corrected chi connectivity index (χ2v) is 8.08. The number of hydrogen-bond acceptors (Lipinski definition) is 5. The molecule has 0 bridgehead atoms. The molecule has 0 aromatic carbocycles. The van der Waals surface area contributed by atoms with Crippen molar-refractivity contribution < 1.29 is 9.47 Å². The van der Waals surface area contributed by atoms with E-state index in [1.165, 1.54) is 4.88 Å². The molecule has 120 valence electrons. The van der Waals surface area contributed by atoms with Gasteiger partial charge in [-0.1, -0.05) is 6.07 Å². The minimum Gasteiger partial charge on any atom is -0.488 e. The lowest BCUT2D eigenvalue weighted by atomic mass is 10.4. The Kier molecular flexibility index (Phi) is 6.04. The van der Waals surface area contributed by atoms with Crippen molar-refractivity contribution in [3.05, 3.63) is 61.9 Å². The Morgan fingerprint density at radius 1 is 1.30 bits per heavy atom. The first-order chi connectivity index (χ1) is 11.3. The van der Waals surface area contributed by atoms with E-state index in [-0.39, 0.29) is 0 Å². The van der Waals surface area contributed by atoms with Crippen LogP contribution in [0.25, 0.3) is 12.0 Å². The molecule has 0 aliphatic rings. The Morgan fingerprint density at radius 2 is 2.26 bits per heavy atom. The lowest BCUT2D eigenvalue weighted by molar-refractivity contribution is 0.0825. The van der Waals surface area contributed by atoms with Crippen molar-refractivity contribution in [2.75, 3.05) is 13.2 Å². The zero-order valence-corrected chi connectivity index (χ0v) is 15.4. The second-order valence-electron chi connectivity index (χ2n) is 4.59. The average Bonchev–Trinajstić information content (AvgIpc) is 3.28. The highest BCUT2D eigenvalue weighted by atomic mass is 79.9. The summed E-state index contributed by atoms with van der Waals surface area (Å²) in [5, 5.41) is 2.03. The maximum absolute atomic E-state index is 5.90. The first kappa shape index (κ1) is 16.4. The van der Waals surface area contributed by atoms with Crippen LogP contribution in [0.3, 0.4) is 0 Å². The van der Waals surface area contributed by atoms with Gasteiger partial charge in [0, 0.05) is 17.3 Å².